The molecule has 6 heteroatoms. The summed E-state index contributed by atoms with van der Waals surface area (Å²) < 4.78 is 4.96. The largest absolute Gasteiger partial charge is 0.349 e. The Morgan fingerprint density at radius 3 is 3.06 bits per heavy atom. The summed E-state index contributed by atoms with van der Waals surface area (Å²) in [5.74, 6) is 0.0949. The number of carbonyl (C=O) groups excluding carboxylic acids is 1. The molecule has 1 heterocycles. The molecule has 0 aromatic carbocycles. The van der Waals surface area contributed by atoms with Crippen molar-refractivity contribution in [1.29, 1.82) is 5.26 Å². The molecule has 1 N–H and O–H groups in total. The molecule has 0 aliphatic rings. The van der Waals surface area contributed by atoms with Crippen molar-refractivity contribution in [1.82, 2.24) is 15.5 Å². The van der Waals surface area contributed by atoms with E-state index >= 15 is 0 Å². The minimum atomic E-state index is -0.343. The van der Waals surface area contributed by atoms with Gasteiger partial charge in [-0.05, 0) is 13.3 Å². The summed E-state index contributed by atoms with van der Waals surface area (Å²) in [5.41, 5.74) is 0. The van der Waals surface area contributed by atoms with Crippen molar-refractivity contribution in [2.75, 3.05) is 6.54 Å². The summed E-state index contributed by atoms with van der Waals surface area (Å²) >= 11 is 0. The Balaban J connectivity index is 2.64. The molecule has 0 saturated heterocycles. The Morgan fingerprint density at radius 1 is 1.69 bits per heavy atom. The van der Waals surface area contributed by atoms with Gasteiger partial charge < -0.3 is 9.84 Å². The fourth-order valence-electron chi connectivity index (χ4n) is 1.17. The van der Waals surface area contributed by atoms with Crippen LogP contribution < -0.4 is 5.32 Å². The van der Waals surface area contributed by atoms with E-state index in [-0.39, 0.29) is 17.6 Å². The zero-order valence-electron chi connectivity index (χ0n) is 9.36. The van der Waals surface area contributed by atoms with E-state index in [1.807, 2.05) is 19.9 Å². The Labute approximate surface area is 93.6 Å². The van der Waals surface area contributed by atoms with Gasteiger partial charge in [-0.2, -0.15) is 10.2 Å². The fourth-order valence-corrected chi connectivity index (χ4v) is 1.17. The minimum Gasteiger partial charge on any atom is -0.349 e. The molecule has 0 radical (unpaired) electrons. The molecule has 1 rings (SSSR count). The first-order valence-electron chi connectivity index (χ1n) is 5.17. The number of aromatic nitrogens is 2. The van der Waals surface area contributed by atoms with E-state index in [0.717, 1.165) is 0 Å². The van der Waals surface area contributed by atoms with Crippen LogP contribution in [0.4, 0.5) is 0 Å². The number of rotatable bonds is 5. The van der Waals surface area contributed by atoms with Crippen molar-refractivity contribution in [2.45, 2.75) is 32.6 Å². The molecular formula is C10H14N4O2. The van der Waals surface area contributed by atoms with Crippen molar-refractivity contribution in [3.05, 3.63) is 11.7 Å². The Hall–Kier alpha value is -1.90. The third kappa shape index (κ3) is 3.05. The van der Waals surface area contributed by atoms with E-state index in [4.69, 9.17) is 9.78 Å². The van der Waals surface area contributed by atoms with Crippen LogP contribution in [0.25, 0.3) is 0 Å². The first-order chi connectivity index (χ1) is 7.69. The first kappa shape index (κ1) is 12.2. The van der Waals surface area contributed by atoms with Crippen LogP contribution in [0.15, 0.2) is 4.52 Å². The number of carbonyl (C=O) groups is 1. The standard InChI is InChI=1S/C10H14N4O2/c1-3-12-9(15)8-13-10(16-14-8)7(2)5-4-6-11/h7H,3-5H2,1-2H3,(H,12,15). The number of hydrogen-bond acceptors (Lipinski definition) is 5. The van der Waals surface area contributed by atoms with Gasteiger partial charge in [0.25, 0.3) is 11.7 Å². The summed E-state index contributed by atoms with van der Waals surface area (Å²) in [7, 11) is 0. The van der Waals surface area contributed by atoms with E-state index in [9.17, 15) is 4.79 Å². The Morgan fingerprint density at radius 2 is 2.44 bits per heavy atom. The lowest BCUT2D eigenvalue weighted by molar-refractivity contribution is 0.0942. The topological polar surface area (TPSA) is 91.8 Å². The fraction of sp³-hybridized carbons (Fsp3) is 0.600. The number of nitrogens with one attached hydrogen (secondary N) is 1. The highest BCUT2D eigenvalue weighted by molar-refractivity contribution is 5.90. The lowest BCUT2D eigenvalue weighted by Gasteiger charge is -2.00. The summed E-state index contributed by atoms with van der Waals surface area (Å²) in [4.78, 5) is 15.3. The van der Waals surface area contributed by atoms with Crippen LogP contribution in [0.2, 0.25) is 0 Å². The molecule has 0 fully saturated rings. The van der Waals surface area contributed by atoms with Gasteiger partial charge in [0.05, 0.1) is 6.07 Å². The predicted molar refractivity (Wildman–Crippen MR) is 55.6 cm³/mol. The smallest absolute Gasteiger partial charge is 0.292 e. The molecule has 16 heavy (non-hydrogen) atoms. The molecule has 0 saturated carbocycles. The summed E-state index contributed by atoms with van der Waals surface area (Å²) in [6.45, 7) is 4.22. The average molecular weight is 222 g/mol. The van der Waals surface area contributed by atoms with E-state index in [2.05, 4.69) is 15.5 Å². The third-order valence-electron chi connectivity index (χ3n) is 2.09. The molecule has 0 spiro atoms. The van der Waals surface area contributed by atoms with Crippen molar-refractivity contribution < 1.29 is 9.32 Å². The van der Waals surface area contributed by atoms with Gasteiger partial charge in [-0.25, -0.2) is 0 Å². The lowest BCUT2D eigenvalue weighted by Crippen LogP contribution is -2.23. The molecule has 1 aromatic rings. The van der Waals surface area contributed by atoms with Crippen LogP contribution in [-0.4, -0.2) is 22.6 Å². The van der Waals surface area contributed by atoms with Gasteiger partial charge in [0.2, 0.25) is 5.89 Å². The van der Waals surface area contributed by atoms with Crippen molar-refractivity contribution >= 4 is 5.91 Å². The second kappa shape index (κ2) is 5.85. The van der Waals surface area contributed by atoms with Crippen molar-refractivity contribution in [3.8, 4) is 6.07 Å². The number of amides is 1. The van der Waals surface area contributed by atoms with Gasteiger partial charge in [-0.15, -0.1) is 0 Å². The van der Waals surface area contributed by atoms with Gasteiger partial charge in [-0.1, -0.05) is 12.1 Å². The summed E-state index contributed by atoms with van der Waals surface area (Å²) in [6, 6.07) is 2.05. The van der Waals surface area contributed by atoms with Crippen LogP contribution in [-0.2, 0) is 0 Å². The molecular weight excluding hydrogens is 208 g/mol. The highest BCUT2D eigenvalue weighted by Gasteiger charge is 2.17. The van der Waals surface area contributed by atoms with Gasteiger partial charge >= 0.3 is 0 Å². The van der Waals surface area contributed by atoms with Gasteiger partial charge in [0.15, 0.2) is 0 Å². The van der Waals surface area contributed by atoms with Gasteiger partial charge in [0.1, 0.15) is 0 Å². The highest BCUT2D eigenvalue weighted by atomic mass is 16.5. The average Bonchev–Trinajstić information content (AvgIpc) is 2.75. The monoisotopic (exact) mass is 222 g/mol. The van der Waals surface area contributed by atoms with Gasteiger partial charge in [0, 0.05) is 18.9 Å². The highest BCUT2D eigenvalue weighted by Crippen LogP contribution is 2.18. The zero-order chi connectivity index (χ0) is 12.0. The van der Waals surface area contributed by atoms with E-state index < -0.39 is 0 Å². The molecule has 0 bridgehead atoms. The van der Waals surface area contributed by atoms with Crippen LogP contribution in [0.5, 0.6) is 0 Å². The van der Waals surface area contributed by atoms with E-state index in [1.54, 1.807) is 0 Å². The van der Waals surface area contributed by atoms with Crippen LogP contribution in [0.3, 0.4) is 0 Å². The molecule has 0 aliphatic carbocycles. The minimum absolute atomic E-state index is 0.00433. The third-order valence-corrected chi connectivity index (χ3v) is 2.09. The van der Waals surface area contributed by atoms with Crippen molar-refractivity contribution in [3.63, 3.8) is 0 Å². The van der Waals surface area contributed by atoms with Crippen LogP contribution >= 0.6 is 0 Å². The SMILES string of the molecule is CCNC(=O)c1noc(C(C)CCC#N)n1. The maximum absolute atomic E-state index is 11.3. The normalized spacial score (nSPS) is 11.8. The molecule has 0 aliphatic heterocycles. The van der Waals surface area contributed by atoms with E-state index in [1.165, 1.54) is 0 Å². The van der Waals surface area contributed by atoms with Crippen molar-refractivity contribution in [2.24, 2.45) is 0 Å². The molecule has 1 atom stereocenters. The van der Waals surface area contributed by atoms with Crippen LogP contribution in [0, 0.1) is 11.3 Å². The summed E-state index contributed by atoms with van der Waals surface area (Å²) in [5, 5.41) is 14.6. The molecule has 1 unspecified atom stereocenters. The second-order valence-corrected chi connectivity index (χ2v) is 3.41. The van der Waals surface area contributed by atoms with E-state index in [0.29, 0.717) is 25.3 Å². The maximum Gasteiger partial charge on any atom is 0.292 e. The molecule has 6 nitrogen and oxygen atoms in total. The predicted octanol–water partition coefficient (Wildman–Crippen LogP) is 1.23. The second-order valence-electron chi connectivity index (χ2n) is 3.41. The number of hydrogen-bond donors (Lipinski definition) is 1. The number of nitrogens with zero attached hydrogens (tertiary/aromatic N) is 3. The maximum atomic E-state index is 11.3. The summed E-state index contributed by atoms with van der Waals surface area (Å²) in [6.07, 6.45) is 1.08. The molecule has 1 aromatic heterocycles. The molecule has 1 amide bonds. The lowest BCUT2D eigenvalue weighted by atomic mass is 10.1. The first-order valence-corrected chi connectivity index (χ1v) is 5.17. The Kier molecular flexibility index (Phi) is 4.45. The zero-order valence-corrected chi connectivity index (χ0v) is 9.36. The Bertz CT molecular complexity index is 394. The molecule has 86 valence electrons. The van der Waals surface area contributed by atoms with Crippen LogP contribution in [0.1, 0.15) is 49.1 Å². The number of nitriles is 1. The van der Waals surface area contributed by atoms with Gasteiger partial charge in [-0.3, -0.25) is 4.79 Å². The quantitative estimate of drug-likeness (QED) is 0.808.